The lowest BCUT2D eigenvalue weighted by Gasteiger charge is -2.23. The molecule has 0 saturated heterocycles. The highest BCUT2D eigenvalue weighted by Crippen LogP contribution is 2.29. The van der Waals surface area contributed by atoms with E-state index in [1.54, 1.807) is 0 Å². The second kappa shape index (κ2) is 4.71. The zero-order chi connectivity index (χ0) is 12.3. The largest absolute Gasteiger partial charge is 0.354 e. The third kappa shape index (κ3) is 2.86. The van der Waals surface area contributed by atoms with Crippen molar-refractivity contribution in [2.45, 2.75) is 39.2 Å². The molecule has 4 heteroatoms. The molecule has 1 heterocycles. The lowest BCUT2D eigenvalue weighted by Crippen LogP contribution is -2.29. The first-order valence-corrected chi connectivity index (χ1v) is 5.51. The molecule has 1 aromatic rings. The summed E-state index contributed by atoms with van der Waals surface area (Å²) in [5.41, 5.74) is 0.439. The van der Waals surface area contributed by atoms with Crippen molar-refractivity contribution >= 4 is 17.4 Å². The fourth-order valence-corrected chi connectivity index (χ4v) is 1.67. The van der Waals surface area contributed by atoms with E-state index in [0.29, 0.717) is 11.0 Å². The Morgan fingerprint density at radius 3 is 2.56 bits per heavy atom. The minimum atomic E-state index is -0.457. The zero-order valence-corrected chi connectivity index (χ0v) is 10.8. The molecule has 0 atom stereocenters. The van der Waals surface area contributed by atoms with Crippen LogP contribution in [-0.4, -0.2) is 15.5 Å². The molecule has 1 N–H and O–H groups in total. The number of aromatic nitrogens is 2. The summed E-state index contributed by atoms with van der Waals surface area (Å²) in [5.74, 6) is 3.61. The SMILES string of the molecule is C#CC(C)(C)Nc1ncnc(Cl)c1C(C)C. The van der Waals surface area contributed by atoms with Gasteiger partial charge in [0.25, 0.3) is 0 Å². The molecule has 0 saturated carbocycles. The van der Waals surface area contributed by atoms with E-state index >= 15 is 0 Å². The van der Waals surface area contributed by atoms with Gasteiger partial charge >= 0.3 is 0 Å². The Labute approximate surface area is 102 Å². The maximum atomic E-state index is 6.05. The van der Waals surface area contributed by atoms with E-state index < -0.39 is 5.54 Å². The van der Waals surface area contributed by atoms with Crippen LogP contribution in [0.5, 0.6) is 0 Å². The summed E-state index contributed by atoms with van der Waals surface area (Å²) in [6, 6.07) is 0. The van der Waals surface area contributed by atoms with Crippen LogP contribution in [0, 0.1) is 12.3 Å². The topological polar surface area (TPSA) is 37.8 Å². The lowest BCUT2D eigenvalue weighted by molar-refractivity contribution is 0.725. The van der Waals surface area contributed by atoms with Crippen LogP contribution in [0.25, 0.3) is 0 Å². The Bertz CT molecular complexity index is 419. The van der Waals surface area contributed by atoms with E-state index in [2.05, 4.69) is 21.2 Å². The van der Waals surface area contributed by atoms with Crippen LogP contribution in [0.4, 0.5) is 5.82 Å². The summed E-state index contributed by atoms with van der Waals surface area (Å²) in [4.78, 5) is 8.17. The average molecular weight is 238 g/mol. The molecule has 86 valence electrons. The van der Waals surface area contributed by atoms with E-state index in [0.717, 1.165) is 5.56 Å². The maximum Gasteiger partial charge on any atom is 0.138 e. The van der Waals surface area contributed by atoms with Crippen molar-refractivity contribution < 1.29 is 0 Å². The Balaban J connectivity index is 3.15. The molecule has 0 radical (unpaired) electrons. The summed E-state index contributed by atoms with van der Waals surface area (Å²) >= 11 is 6.05. The van der Waals surface area contributed by atoms with Crippen molar-refractivity contribution in [2.75, 3.05) is 5.32 Å². The number of hydrogen-bond acceptors (Lipinski definition) is 3. The van der Waals surface area contributed by atoms with Crippen molar-refractivity contribution in [1.29, 1.82) is 0 Å². The van der Waals surface area contributed by atoms with Gasteiger partial charge in [0, 0.05) is 5.56 Å². The van der Waals surface area contributed by atoms with E-state index in [9.17, 15) is 0 Å². The lowest BCUT2D eigenvalue weighted by atomic mass is 10.0. The third-order valence-electron chi connectivity index (χ3n) is 2.20. The first kappa shape index (κ1) is 12.8. The fraction of sp³-hybridized carbons (Fsp3) is 0.500. The molecular weight excluding hydrogens is 222 g/mol. The molecule has 16 heavy (non-hydrogen) atoms. The molecule has 0 bridgehead atoms. The van der Waals surface area contributed by atoms with Crippen molar-refractivity contribution in [3.63, 3.8) is 0 Å². The molecule has 0 fully saturated rings. The summed E-state index contributed by atoms with van der Waals surface area (Å²) in [7, 11) is 0. The van der Waals surface area contributed by atoms with Crippen LogP contribution in [0.2, 0.25) is 5.15 Å². The Morgan fingerprint density at radius 2 is 2.06 bits per heavy atom. The highest BCUT2D eigenvalue weighted by atomic mass is 35.5. The quantitative estimate of drug-likeness (QED) is 0.649. The number of anilines is 1. The van der Waals surface area contributed by atoms with Crippen LogP contribution in [-0.2, 0) is 0 Å². The van der Waals surface area contributed by atoms with Crippen LogP contribution in [0.15, 0.2) is 6.33 Å². The van der Waals surface area contributed by atoms with Crippen LogP contribution < -0.4 is 5.32 Å². The van der Waals surface area contributed by atoms with Crippen LogP contribution >= 0.6 is 11.6 Å². The number of nitrogens with zero attached hydrogens (tertiary/aromatic N) is 2. The molecule has 0 aliphatic rings. The first-order valence-electron chi connectivity index (χ1n) is 5.13. The van der Waals surface area contributed by atoms with E-state index in [-0.39, 0.29) is 5.92 Å². The van der Waals surface area contributed by atoms with Gasteiger partial charge in [0.15, 0.2) is 0 Å². The van der Waals surface area contributed by atoms with Gasteiger partial charge in [0.05, 0.1) is 5.54 Å². The number of rotatable bonds is 3. The summed E-state index contributed by atoms with van der Waals surface area (Å²) < 4.78 is 0. The average Bonchev–Trinajstić information content (AvgIpc) is 2.16. The van der Waals surface area contributed by atoms with Gasteiger partial charge in [-0.1, -0.05) is 31.4 Å². The molecule has 0 aliphatic carbocycles. The number of terminal acetylenes is 1. The minimum absolute atomic E-state index is 0.241. The summed E-state index contributed by atoms with van der Waals surface area (Å²) in [6.07, 6.45) is 6.86. The van der Waals surface area contributed by atoms with E-state index in [1.807, 2.05) is 27.7 Å². The van der Waals surface area contributed by atoms with Gasteiger partial charge in [-0.3, -0.25) is 0 Å². The number of hydrogen-bond donors (Lipinski definition) is 1. The second-order valence-electron chi connectivity index (χ2n) is 4.48. The van der Waals surface area contributed by atoms with Gasteiger partial charge in [-0.25, -0.2) is 9.97 Å². The molecule has 0 spiro atoms. The smallest absolute Gasteiger partial charge is 0.138 e. The molecule has 1 aromatic heterocycles. The molecule has 0 unspecified atom stereocenters. The molecule has 0 aromatic carbocycles. The predicted molar refractivity (Wildman–Crippen MR) is 67.7 cm³/mol. The zero-order valence-electron chi connectivity index (χ0n) is 10.0. The van der Waals surface area contributed by atoms with E-state index in [4.69, 9.17) is 18.0 Å². The Kier molecular flexibility index (Phi) is 3.77. The van der Waals surface area contributed by atoms with Crippen molar-refractivity contribution in [2.24, 2.45) is 0 Å². The van der Waals surface area contributed by atoms with Crippen molar-refractivity contribution in [3.05, 3.63) is 17.0 Å². The monoisotopic (exact) mass is 237 g/mol. The first-order chi connectivity index (χ1) is 7.37. The number of nitrogens with one attached hydrogen (secondary N) is 1. The highest BCUT2D eigenvalue weighted by molar-refractivity contribution is 6.30. The molecule has 3 nitrogen and oxygen atoms in total. The molecular formula is C12H16ClN3. The normalized spacial score (nSPS) is 11.3. The van der Waals surface area contributed by atoms with Gasteiger partial charge in [0.2, 0.25) is 0 Å². The Hall–Kier alpha value is -1.27. The molecule has 0 amide bonds. The summed E-state index contributed by atoms with van der Waals surface area (Å²) in [6.45, 7) is 7.90. The van der Waals surface area contributed by atoms with Gasteiger partial charge in [-0.05, 0) is 19.8 Å². The Morgan fingerprint density at radius 1 is 1.44 bits per heavy atom. The van der Waals surface area contributed by atoms with E-state index in [1.165, 1.54) is 6.33 Å². The van der Waals surface area contributed by atoms with Crippen molar-refractivity contribution in [3.8, 4) is 12.3 Å². The van der Waals surface area contributed by atoms with Crippen LogP contribution in [0.1, 0.15) is 39.2 Å². The van der Waals surface area contributed by atoms with Gasteiger partial charge in [-0.15, -0.1) is 6.42 Å². The third-order valence-corrected chi connectivity index (χ3v) is 2.51. The molecule has 1 rings (SSSR count). The summed E-state index contributed by atoms with van der Waals surface area (Å²) in [5, 5.41) is 3.66. The predicted octanol–water partition coefficient (Wildman–Crippen LogP) is 3.08. The second-order valence-corrected chi connectivity index (χ2v) is 4.83. The minimum Gasteiger partial charge on any atom is -0.354 e. The van der Waals surface area contributed by atoms with Gasteiger partial charge in [0.1, 0.15) is 17.3 Å². The maximum absolute atomic E-state index is 6.05. The standard InChI is InChI=1S/C12H16ClN3/c1-6-12(4,5)16-11-9(8(2)3)10(13)14-7-15-11/h1,7-8H,2-5H3,(H,14,15,16). The number of halogens is 1. The van der Waals surface area contributed by atoms with Gasteiger partial charge in [-0.2, -0.15) is 0 Å². The molecule has 0 aliphatic heterocycles. The highest BCUT2D eigenvalue weighted by Gasteiger charge is 2.19. The van der Waals surface area contributed by atoms with Gasteiger partial charge < -0.3 is 5.32 Å². The fourth-order valence-electron chi connectivity index (χ4n) is 1.32. The van der Waals surface area contributed by atoms with Crippen molar-refractivity contribution in [1.82, 2.24) is 9.97 Å². The van der Waals surface area contributed by atoms with Crippen LogP contribution in [0.3, 0.4) is 0 Å².